The molecular weight excluding hydrogens is 246 g/mol. The van der Waals surface area contributed by atoms with Crippen molar-refractivity contribution in [1.82, 2.24) is 15.1 Å². The minimum absolute atomic E-state index is 0.147. The highest BCUT2D eigenvalue weighted by molar-refractivity contribution is 5.82. The van der Waals surface area contributed by atoms with Gasteiger partial charge in [0, 0.05) is 24.8 Å². The van der Waals surface area contributed by atoms with E-state index in [1.165, 1.54) is 0 Å². The maximum absolute atomic E-state index is 11.9. The Kier molecular flexibility index (Phi) is 3.34. The highest BCUT2D eigenvalue weighted by Crippen LogP contribution is 2.45. The molecule has 6 nitrogen and oxygen atoms in total. The van der Waals surface area contributed by atoms with Gasteiger partial charge in [0.25, 0.3) is 0 Å². The monoisotopic (exact) mass is 265 g/mol. The number of aromatic nitrogens is 2. The fourth-order valence-electron chi connectivity index (χ4n) is 2.18. The molecule has 0 aliphatic heterocycles. The van der Waals surface area contributed by atoms with Crippen LogP contribution in [0, 0.1) is 19.3 Å². The Hall–Kier alpha value is -1.85. The molecule has 1 fully saturated rings. The summed E-state index contributed by atoms with van der Waals surface area (Å²) in [5, 5.41) is 16.0. The minimum Gasteiger partial charge on any atom is -0.481 e. The van der Waals surface area contributed by atoms with Crippen molar-refractivity contribution in [1.29, 1.82) is 0 Å². The first kappa shape index (κ1) is 13.6. The number of carbonyl (C=O) groups is 2. The van der Waals surface area contributed by atoms with Crippen molar-refractivity contribution in [3.05, 3.63) is 17.0 Å². The van der Waals surface area contributed by atoms with Gasteiger partial charge in [-0.05, 0) is 26.7 Å². The molecule has 1 aromatic rings. The van der Waals surface area contributed by atoms with Gasteiger partial charge in [-0.2, -0.15) is 5.10 Å². The molecule has 0 unspecified atom stereocenters. The molecule has 0 bridgehead atoms. The Morgan fingerprint density at radius 1 is 1.42 bits per heavy atom. The second kappa shape index (κ2) is 4.68. The molecule has 104 valence electrons. The molecule has 0 spiro atoms. The number of nitrogens with one attached hydrogen (secondary N) is 1. The second-order valence-electron chi connectivity index (χ2n) is 5.31. The van der Waals surface area contributed by atoms with E-state index in [-0.39, 0.29) is 18.9 Å². The van der Waals surface area contributed by atoms with Gasteiger partial charge in [0.1, 0.15) is 0 Å². The van der Waals surface area contributed by atoms with Gasteiger partial charge < -0.3 is 10.4 Å². The quantitative estimate of drug-likeness (QED) is 0.814. The largest absolute Gasteiger partial charge is 0.481 e. The van der Waals surface area contributed by atoms with Gasteiger partial charge in [-0.25, -0.2) is 0 Å². The fraction of sp³-hybridized carbons (Fsp3) is 0.615. The maximum atomic E-state index is 11.9. The SMILES string of the molecule is Cc1nn(C)c(C)c1CC(=O)NCC1(C(=O)O)CC1. The normalized spacial score (nSPS) is 16.2. The van der Waals surface area contributed by atoms with E-state index in [1.807, 2.05) is 20.9 Å². The van der Waals surface area contributed by atoms with Gasteiger partial charge >= 0.3 is 5.97 Å². The number of aryl methyl sites for hydroxylation is 2. The number of amides is 1. The second-order valence-corrected chi connectivity index (χ2v) is 5.31. The van der Waals surface area contributed by atoms with E-state index < -0.39 is 11.4 Å². The van der Waals surface area contributed by atoms with E-state index in [4.69, 9.17) is 5.11 Å². The average Bonchev–Trinajstić information content (AvgIpc) is 3.09. The predicted octanol–water partition coefficient (Wildman–Crippen LogP) is 0.560. The van der Waals surface area contributed by atoms with Gasteiger partial charge in [-0.1, -0.05) is 0 Å². The van der Waals surface area contributed by atoms with Crippen LogP contribution in [0.4, 0.5) is 0 Å². The summed E-state index contributed by atoms with van der Waals surface area (Å²) in [6.45, 7) is 4.01. The number of carbonyl (C=O) groups excluding carboxylic acids is 1. The van der Waals surface area contributed by atoms with Crippen LogP contribution in [0.25, 0.3) is 0 Å². The molecule has 1 saturated carbocycles. The van der Waals surface area contributed by atoms with Crippen LogP contribution in [0.15, 0.2) is 0 Å². The van der Waals surface area contributed by atoms with Crippen molar-refractivity contribution < 1.29 is 14.7 Å². The summed E-state index contributed by atoms with van der Waals surface area (Å²) >= 11 is 0. The smallest absolute Gasteiger partial charge is 0.311 e. The van der Waals surface area contributed by atoms with Crippen molar-refractivity contribution in [3.8, 4) is 0 Å². The molecule has 1 aliphatic rings. The molecule has 1 amide bonds. The van der Waals surface area contributed by atoms with Crippen LogP contribution in [0.1, 0.15) is 29.8 Å². The summed E-state index contributed by atoms with van der Waals surface area (Å²) in [7, 11) is 1.84. The molecule has 1 heterocycles. The highest BCUT2D eigenvalue weighted by Gasteiger charge is 2.50. The average molecular weight is 265 g/mol. The van der Waals surface area contributed by atoms with E-state index in [9.17, 15) is 9.59 Å². The maximum Gasteiger partial charge on any atom is 0.311 e. The van der Waals surface area contributed by atoms with Crippen molar-refractivity contribution in [2.45, 2.75) is 33.1 Å². The predicted molar refractivity (Wildman–Crippen MR) is 68.7 cm³/mol. The number of carboxylic acid groups (broad SMARTS) is 1. The number of carboxylic acids is 1. The Balaban J connectivity index is 1.93. The summed E-state index contributed by atoms with van der Waals surface area (Å²) in [5.41, 5.74) is 2.01. The topological polar surface area (TPSA) is 84.2 Å². The lowest BCUT2D eigenvalue weighted by molar-refractivity contribution is -0.143. The van der Waals surface area contributed by atoms with E-state index in [1.54, 1.807) is 4.68 Å². The Bertz CT molecular complexity index is 529. The minimum atomic E-state index is -0.818. The molecule has 1 aromatic heterocycles. The molecular formula is C13H19N3O3. The van der Waals surface area contributed by atoms with Gasteiger partial charge in [0.2, 0.25) is 5.91 Å². The number of rotatable bonds is 5. The molecule has 0 aromatic carbocycles. The number of hydrogen-bond donors (Lipinski definition) is 2. The van der Waals surface area contributed by atoms with Crippen molar-refractivity contribution in [2.24, 2.45) is 12.5 Å². The fourth-order valence-corrected chi connectivity index (χ4v) is 2.18. The van der Waals surface area contributed by atoms with Crippen LogP contribution < -0.4 is 5.32 Å². The first-order valence-electron chi connectivity index (χ1n) is 6.35. The summed E-state index contributed by atoms with van der Waals surface area (Å²) in [6.07, 6.45) is 1.54. The van der Waals surface area contributed by atoms with Gasteiger partial charge in [-0.15, -0.1) is 0 Å². The number of nitrogens with zero attached hydrogens (tertiary/aromatic N) is 2. The van der Waals surface area contributed by atoms with Crippen LogP contribution in [0.2, 0.25) is 0 Å². The van der Waals surface area contributed by atoms with E-state index >= 15 is 0 Å². The van der Waals surface area contributed by atoms with Gasteiger partial charge in [0.15, 0.2) is 0 Å². The van der Waals surface area contributed by atoms with Gasteiger partial charge in [-0.3, -0.25) is 14.3 Å². The Labute approximate surface area is 111 Å². The van der Waals surface area contributed by atoms with Crippen LogP contribution >= 0.6 is 0 Å². The summed E-state index contributed by atoms with van der Waals surface area (Å²) in [6, 6.07) is 0. The summed E-state index contributed by atoms with van der Waals surface area (Å²) < 4.78 is 1.75. The summed E-state index contributed by atoms with van der Waals surface area (Å²) in [5.74, 6) is -0.965. The third-order valence-electron chi connectivity index (χ3n) is 3.93. The zero-order valence-corrected chi connectivity index (χ0v) is 11.5. The standard InChI is InChI=1S/C13H19N3O3/c1-8-10(9(2)16(3)15-8)6-11(17)14-7-13(4-5-13)12(18)19/h4-7H2,1-3H3,(H,14,17)(H,18,19). The van der Waals surface area contributed by atoms with E-state index in [0.717, 1.165) is 17.0 Å². The van der Waals surface area contributed by atoms with Crippen LogP contribution in [-0.4, -0.2) is 33.3 Å². The van der Waals surface area contributed by atoms with Crippen LogP contribution in [0.5, 0.6) is 0 Å². The Morgan fingerprint density at radius 3 is 2.47 bits per heavy atom. The molecule has 2 N–H and O–H groups in total. The van der Waals surface area contributed by atoms with Crippen molar-refractivity contribution in [3.63, 3.8) is 0 Å². The van der Waals surface area contributed by atoms with Crippen LogP contribution in [0.3, 0.4) is 0 Å². The lowest BCUT2D eigenvalue weighted by atomic mass is 10.1. The number of hydrogen-bond acceptors (Lipinski definition) is 3. The Morgan fingerprint density at radius 2 is 2.05 bits per heavy atom. The van der Waals surface area contributed by atoms with E-state index in [2.05, 4.69) is 10.4 Å². The van der Waals surface area contributed by atoms with Gasteiger partial charge in [0.05, 0.1) is 17.5 Å². The number of aliphatic carboxylic acids is 1. The molecule has 0 radical (unpaired) electrons. The lowest BCUT2D eigenvalue weighted by Crippen LogP contribution is -2.35. The highest BCUT2D eigenvalue weighted by atomic mass is 16.4. The van der Waals surface area contributed by atoms with Crippen molar-refractivity contribution >= 4 is 11.9 Å². The third kappa shape index (κ3) is 2.62. The first-order chi connectivity index (χ1) is 8.85. The zero-order chi connectivity index (χ0) is 14.2. The molecule has 1 aliphatic carbocycles. The summed E-state index contributed by atoms with van der Waals surface area (Å²) in [4.78, 5) is 22.9. The molecule has 19 heavy (non-hydrogen) atoms. The molecule has 6 heteroatoms. The zero-order valence-electron chi connectivity index (χ0n) is 11.5. The van der Waals surface area contributed by atoms with Crippen molar-refractivity contribution in [2.75, 3.05) is 6.54 Å². The third-order valence-corrected chi connectivity index (χ3v) is 3.93. The van der Waals surface area contributed by atoms with E-state index in [0.29, 0.717) is 12.8 Å². The molecule has 0 atom stereocenters. The first-order valence-corrected chi connectivity index (χ1v) is 6.35. The van der Waals surface area contributed by atoms with Crippen LogP contribution in [-0.2, 0) is 23.1 Å². The lowest BCUT2D eigenvalue weighted by Gasteiger charge is -2.11. The molecule has 2 rings (SSSR count). The molecule has 0 saturated heterocycles.